The molecule has 11 heteroatoms. The minimum Gasteiger partial charge on any atom is -0.461 e. The van der Waals surface area contributed by atoms with Crippen molar-refractivity contribution in [2.24, 2.45) is 5.73 Å². The Hall–Kier alpha value is -3.73. The number of benzene rings is 3. The third-order valence-electron chi connectivity index (χ3n) is 6.89. The van der Waals surface area contributed by atoms with Crippen LogP contribution in [0.1, 0.15) is 59.4 Å². The second kappa shape index (κ2) is 14.4. The lowest BCUT2D eigenvalue weighted by Gasteiger charge is -2.18. The van der Waals surface area contributed by atoms with Gasteiger partial charge in [0.15, 0.2) is 9.84 Å². The Morgan fingerprint density at radius 1 is 0.977 bits per heavy atom. The van der Waals surface area contributed by atoms with Crippen LogP contribution in [0.15, 0.2) is 83.1 Å². The fourth-order valence-electron chi connectivity index (χ4n) is 4.35. The normalized spacial score (nSPS) is 12.5. The number of aryl methyl sites for hydroxylation is 3. The van der Waals surface area contributed by atoms with E-state index in [0.717, 1.165) is 28.2 Å². The van der Waals surface area contributed by atoms with Gasteiger partial charge in [0.1, 0.15) is 5.75 Å². The van der Waals surface area contributed by atoms with Crippen molar-refractivity contribution in [2.45, 2.75) is 63.0 Å². The van der Waals surface area contributed by atoms with Gasteiger partial charge in [-0.05, 0) is 78.9 Å². The maximum Gasteiger partial charge on any atom is 0.280 e. The predicted molar refractivity (Wildman–Crippen MR) is 174 cm³/mol. The lowest BCUT2D eigenvalue weighted by atomic mass is 9.93. The van der Waals surface area contributed by atoms with E-state index in [9.17, 15) is 18.0 Å². The van der Waals surface area contributed by atoms with Gasteiger partial charge >= 0.3 is 0 Å². The Bertz CT molecular complexity index is 1700. The molecule has 3 aromatic carbocycles. The number of aromatic nitrogens is 1. The molecule has 1 heterocycles. The van der Waals surface area contributed by atoms with Gasteiger partial charge < -0.3 is 15.8 Å². The zero-order chi connectivity index (χ0) is 31.9. The first kappa shape index (κ1) is 33.2. The van der Waals surface area contributed by atoms with Crippen molar-refractivity contribution in [3.05, 3.63) is 111 Å². The minimum absolute atomic E-state index is 0.00186. The van der Waals surface area contributed by atoms with Crippen LogP contribution < -0.4 is 15.8 Å². The average molecular weight is 654 g/mol. The number of hydrogen-bond acceptors (Lipinski definition) is 7. The number of thiazole rings is 1. The Kier molecular flexibility index (Phi) is 10.8. The molecule has 4 rings (SSSR count). The van der Waals surface area contributed by atoms with Crippen LogP contribution in [0.4, 0.5) is 0 Å². The molecular formula is C33H36ClN3O5S2. The van der Waals surface area contributed by atoms with Crippen LogP contribution in [-0.2, 0) is 39.3 Å². The number of primary amides is 1. The molecule has 0 bridgehead atoms. The number of ether oxygens (including phenoxy) is 1. The number of halogens is 1. The van der Waals surface area contributed by atoms with Gasteiger partial charge in [-0.25, -0.2) is 13.4 Å². The van der Waals surface area contributed by atoms with Gasteiger partial charge in [0.2, 0.25) is 0 Å². The van der Waals surface area contributed by atoms with Crippen LogP contribution in [0.25, 0.3) is 0 Å². The number of rotatable bonds is 13. The molecule has 0 spiro atoms. The highest BCUT2D eigenvalue weighted by Gasteiger charge is 2.22. The van der Waals surface area contributed by atoms with E-state index in [-0.39, 0.29) is 16.1 Å². The fourth-order valence-corrected chi connectivity index (χ4v) is 6.81. The number of hydrogen-bond donors (Lipinski definition) is 2. The molecule has 44 heavy (non-hydrogen) atoms. The zero-order valence-corrected chi connectivity index (χ0v) is 27.3. The zero-order valence-electron chi connectivity index (χ0n) is 24.9. The Balaban J connectivity index is 1.30. The maximum absolute atomic E-state index is 13.0. The number of amides is 2. The summed E-state index contributed by atoms with van der Waals surface area (Å²) in [6.07, 6.45) is 1.04. The molecular weight excluding hydrogens is 618 g/mol. The minimum atomic E-state index is -3.42. The molecule has 1 unspecified atom stereocenters. The van der Waals surface area contributed by atoms with Gasteiger partial charge in [-0.1, -0.05) is 56.6 Å². The molecule has 0 aliphatic heterocycles. The Morgan fingerprint density at radius 2 is 1.68 bits per heavy atom. The molecule has 4 aromatic rings. The van der Waals surface area contributed by atoms with Gasteiger partial charge in [-0.2, -0.15) is 0 Å². The third kappa shape index (κ3) is 9.38. The summed E-state index contributed by atoms with van der Waals surface area (Å²) in [6, 6.07) is 20.2. The van der Waals surface area contributed by atoms with E-state index in [1.807, 2.05) is 6.07 Å². The summed E-state index contributed by atoms with van der Waals surface area (Å²) in [5, 5.41) is 6.18. The molecule has 8 nitrogen and oxygen atoms in total. The van der Waals surface area contributed by atoms with Crippen LogP contribution in [-0.4, -0.2) is 37.2 Å². The highest BCUT2D eigenvalue weighted by molar-refractivity contribution is 7.91. The second-order valence-electron chi connectivity index (χ2n) is 11.5. The van der Waals surface area contributed by atoms with E-state index in [4.69, 9.17) is 27.1 Å². The van der Waals surface area contributed by atoms with Crippen molar-refractivity contribution >= 4 is 44.6 Å². The number of sulfone groups is 1. The van der Waals surface area contributed by atoms with Gasteiger partial charge in [0.25, 0.3) is 18.0 Å². The van der Waals surface area contributed by atoms with Gasteiger partial charge in [-0.3, -0.25) is 9.59 Å². The molecule has 0 radical (unpaired) electrons. The first-order chi connectivity index (χ1) is 20.8. The van der Waals surface area contributed by atoms with Crippen LogP contribution in [0, 0.1) is 0 Å². The van der Waals surface area contributed by atoms with Crippen molar-refractivity contribution in [3.8, 4) is 5.75 Å². The summed E-state index contributed by atoms with van der Waals surface area (Å²) >= 11 is 7.49. The first-order valence-corrected chi connectivity index (χ1v) is 17.1. The lowest BCUT2D eigenvalue weighted by Crippen LogP contribution is -2.48. The summed E-state index contributed by atoms with van der Waals surface area (Å²) in [6.45, 7) is 6.40. The van der Waals surface area contributed by atoms with E-state index in [1.165, 1.54) is 12.1 Å². The highest BCUT2D eigenvalue weighted by atomic mass is 35.5. The Morgan fingerprint density at radius 3 is 2.32 bits per heavy atom. The van der Waals surface area contributed by atoms with Gasteiger partial charge in [0, 0.05) is 27.8 Å². The number of nitrogens with zero attached hydrogens (tertiary/aromatic N) is 1. The van der Waals surface area contributed by atoms with Gasteiger partial charge in [-0.15, -0.1) is 11.3 Å². The average Bonchev–Trinajstić information content (AvgIpc) is 3.47. The first-order valence-electron chi connectivity index (χ1n) is 14.2. The summed E-state index contributed by atoms with van der Waals surface area (Å²) in [4.78, 5) is 30.1. The summed E-state index contributed by atoms with van der Waals surface area (Å²) in [7, 11) is -3.42. The van der Waals surface area contributed by atoms with Crippen molar-refractivity contribution < 1.29 is 22.7 Å². The van der Waals surface area contributed by atoms with E-state index >= 15 is 0 Å². The quantitative estimate of drug-likeness (QED) is 0.173. The van der Waals surface area contributed by atoms with Crippen LogP contribution in [0.2, 0.25) is 5.02 Å². The largest absolute Gasteiger partial charge is 0.461 e. The molecule has 1 atom stereocenters. The van der Waals surface area contributed by atoms with E-state index in [0.29, 0.717) is 35.6 Å². The SMILES string of the molecule is CC(C)(C)c1csc(CCc2cccc(C(=O)NC(Oc3ccc(CCCS(=O)(=O)c4ccc(Cl)cc4)cc3)C(N)=O)c2)n1. The van der Waals surface area contributed by atoms with E-state index in [1.54, 1.807) is 65.9 Å². The van der Waals surface area contributed by atoms with Gasteiger partial charge in [0.05, 0.1) is 21.3 Å². The van der Waals surface area contributed by atoms with Crippen molar-refractivity contribution in [1.82, 2.24) is 10.3 Å². The lowest BCUT2D eigenvalue weighted by molar-refractivity contribution is -0.125. The second-order valence-corrected chi connectivity index (χ2v) is 15.0. The molecule has 2 amide bonds. The van der Waals surface area contributed by atoms with E-state index in [2.05, 4.69) is 31.5 Å². The number of carbonyl (C=O) groups is 2. The summed E-state index contributed by atoms with van der Waals surface area (Å²) in [5.74, 6) is -1.01. The number of carbonyl (C=O) groups excluding carboxylic acids is 2. The van der Waals surface area contributed by atoms with Crippen LogP contribution in [0.5, 0.6) is 5.75 Å². The molecule has 0 aliphatic rings. The Labute approximate surface area is 267 Å². The highest BCUT2D eigenvalue weighted by Crippen LogP contribution is 2.25. The fraction of sp³-hybridized carbons (Fsp3) is 0.303. The molecule has 0 saturated heterocycles. The third-order valence-corrected chi connectivity index (χ3v) is 9.86. The summed E-state index contributed by atoms with van der Waals surface area (Å²) < 4.78 is 30.8. The monoisotopic (exact) mass is 653 g/mol. The van der Waals surface area contributed by atoms with E-state index < -0.39 is 27.9 Å². The number of nitrogens with one attached hydrogen (secondary N) is 1. The van der Waals surface area contributed by atoms with Crippen molar-refractivity contribution in [1.29, 1.82) is 0 Å². The molecule has 3 N–H and O–H groups in total. The standard InChI is InChI=1S/C33H36ClN3O5S2/c1-33(2,3)28-21-43-29(36-28)18-11-23-6-4-8-24(20-23)31(39)37-32(30(35)38)42-26-14-9-22(10-15-26)7-5-19-44(40,41)27-16-12-25(34)13-17-27/h4,6,8-10,12-17,20-21,32H,5,7,11,18-19H2,1-3H3,(H2,35,38)(H,37,39). The molecule has 1 aromatic heterocycles. The molecule has 0 saturated carbocycles. The predicted octanol–water partition coefficient (Wildman–Crippen LogP) is 5.91. The van der Waals surface area contributed by atoms with Crippen molar-refractivity contribution in [2.75, 3.05) is 5.75 Å². The number of nitrogens with two attached hydrogens (primary N) is 1. The molecule has 232 valence electrons. The smallest absolute Gasteiger partial charge is 0.280 e. The topological polar surface area (TPSA) is 128 Å². The molecule has 0 aliphatic carbocycles. The maximum atomic E-state index is 13.0. The van der Waals surface area contributed by atoms with Crippen molar-refractivity contribution in [3.63, 3.8) is 0 Å². The van der Waals surface area contributed by atoms with Crippen LogP contribution >= 0.6 is 22.9 Å². The summed E-state index contributed by atoms with van der Waals surface area (Å²) in [5.41, 5.74) is 8.85. The van der Waals surface area contributed by atoms with Crippen LogP contribution in [0.3, 0.4) is 0 Å². The molecule has 0 fully saturated rings.